The molecule has 0 aliphatic heterocycles. The van der Waals surface area contributed by atoms with Crippen molar-refractivity contribution in [2.24, 2.45) is 5.92 Å². The molecule has 0 amide bonds. The highest BCUT2D eigenvalue weighted by molar-refractivity contribution is 5.46. The molecule has 0 fully saturated rings. The summed E-state index contributed by atoms with van der Waals surface area (Å²) in [4.78, 5) is 0. The fraction of sp³-hybridized carbons (Fsp3) is 0.333. The van der Waals surface area contributed by atoms with E-state index in [9.17, 15) is 0 Å². The number of hydrogen-bond donors (Lipinski definition) is 0. The summed E-state index contributed by atoms with van der Waals surface area (Å²) >= 11 is 0. The number of aromatic nitrogens is 1. The molecule has 2 aromatic rings. The van der Waals surface area contributed by atoms with E-state index in [1.165, 1.54) is 5.52 Å². The highest BCUT2D eigenvalue weighted by Gasteiger charge is 1.83. The molecule has 0 bridgehead atoms. The molecule has 0 radical (unpaired) electrons. The van der Waals surface area contributed by atoms with E-state index in [2.05, 4.69) is 37.3 Å². The second kappa shape index (κ2) is 4.70. The SMILES string of the molecule is CC(C)C.c1ccn2cccc2c1. The highest BCUT2D eigenvalue weighted by Crippen LogP contribution is 2.01. The van der Waals surface area contributed by atoms with Crippen LogP contribution < -0.4 is 0 Å². The van der Waals surface area contributed by atoms with Crippen molar-refractivity contribution in [2.75, 3.05) is 0 Å². The first kappa shape index (κ1) is 9.85. The third-order valence-corrected chi connectivity index (χ3v) is 1.44. The molecular formula is C12H17N. The van der Waals surface area contributed by atoms with E-state index in [0.29, 0.717) is 0 Å². The van der Waals surface area contributed by atoms with Gasteiger partial charge in [0.05, 0.1) is 0 Å². The Morgan fingerprint density at radius 2 is 1.46 bits per heavy atom. The van der Waals surface area contributed by atoms with Crippen molar-refractivity contribution in [1.82, 2.24) is 4.40 Å². The van der Waals surface area contributed by atoms with Gasteiger partial charge in [-0.2, -0.15) is 0 Å². The Morgan fingerprint density at radius 3 is 2.08 bits per heavy atom. The summed E-state index contributed by atoms with van der Waals surface area (Å²) in [7, 11) is 0. The van der Waals surface area contributed by atoms with Crippen LogP contribution in [0.4, 0.5) is 0 Å². The smallest absolute Gasteiger partial charge is 0.0449 e. The van der Waals surface area contributed by atoms with Crippen LogP contribution in [0.15, 0.2) is 42.7 Å². The molecule has 1 nitrogen and oxygen atoms in total. The van der Waals surface area contributed by atoms with Gasteiger partial charge >= 0.3 is 0 Å². The van der Waals surface area contributed by atoms with Gasteiger partial charge in [-0.3, -0.25) is 0 Å². The lowest BCUT2D eigenvalue weighted by Crippen LogP contribution is -1.75. The van der Waals surface area contributed by atoms with Gasteiger partial charge in [-0.15, -0.1) is 0 Å². The molecule has 13 heavy (non-hydrogen) atoms. The molecule has 0 saturated heterocycles. The van der Waals surface area contributed by atoms with Gasteiger partial charge in [-0.25, -0.2) is 0 Å². The molecule has 0 spiro atoms. The lowest BCUT2D eigenvalue weighted by Gasteiger charge is -1.88. The van der Waals surface area contributed by atoms with Crippen molar-refractivity contribution < 1.29 is 0 Å². The van der Waals surface area contributed by atoms with Crippen molar-refractivity contribution in [3.63, 3.8) is 0 Å². The molecule has 2 aromatic heterocycles. The van der Waals surface area contributed by atoms with Crippen LogP contribution in [-0.2, 0) is 0 Å². The molecule has 70 valence electrons. The van der Waals surface area contributed by atoms with Crippen molar-refractivity contribution >= 4 is 5.52 Å². The van der Waals surface area contributed by atoms with E-state index in [1.54, 1.807) is 0 Å². The molecule has 1 heteroatoms. The maximum Gasteiger partial charge on any atom is 0.0449 e. The fourth-order valence-corrected chi connectivity index (χ4v) is 0.980. The van der Waals surface area contributed by atoms with Crippen LogP contribution in [0.1, 0.15) is 20.8 Å². The molecule has 0 N–H and O–H groups in total. The lowest BCUT2D eigenvalue weighted by atomic mass is 10.3. The van der Waals surface area contributed by atoms with Gasteiger partial charge in [0.2, 0.25) is 0 Å². The van der Waals surface area contributed by atoms with E-state index in [1.807, 2.05) is 30.6 Å². The van der Waals surface area contributed by atoms with Gasteiger partial charge < -0.3 is 4.40 Å². The molecule has 0 saturated carbocycles. The van der Waals surface area contributed by atoms with Crippen molar-refractivity contribution in [2.45, 2.75) is 20.8 Å². The van der Waals surface area contributed by atoms with Crippen LogP contribution in [0.5, 0.6) is 0 Å². The van der Waals surface area contributed by atoms with Gasteiger partial charge in [-0.05, 0) is 30.2 Å². The minimum Gasteiger partial charge on any atom is -0.324 e. The zero-order valence-corrected chi connectivity index (χ0v) is 8.57. The van der Waals surface area contributed by atoms with Crippen LogP contribution in [0.2, 0.25) is 0 Å². The third-order valence-electron chi connectivity index (χ3n) is 1.44. The van der Waals surface area contributed by atoms with E-state index < -0.39 is 0 Å². The summed E-state index contributed by atoms with van der Waals surface area (Å²) in [6, 6.07) is 10.3. The Kier molecular flexibility index (Phi) is 3.56. The number of pyridine rings is 1. The first-order chi connectivity index (χ1) is 6.20. The summed E-state index contributed by atoms with van der Waals surface area (Å²) in [6.07, 6.45) is 4.07. The predicted molar refractivity (Wildman–Crippen MR) is 57.9 cm³/mol. The minimum absolute atomic E-state index is 0.833. The van der Waals surface area contributed by atoms with Gasteiger partial charge in [0.25, 0.3) is 0 Å². The maximum absolute atomic E-state index is 2.17. The summed E-state index contributed by atoms with van der Waals surface area (Å²) in [5.41, 5.74) is 1.25. The van der Waals surface area contributed by atoms with Crippen molar-refractivity contribution in [1.29, 1.82) is 0 Å². The number of rotatable bonds is 0. The lowest BCUT2D eigenvalue weighted by molar-refractivity contribution is 0.737. The number of nitrogens with zero attached hydrogens (tertiary/aromatic N) is 1. The summed E-state index contributed by atoms with van der Waals surface area (Å²) < 4.78 is 2.08. The third kappa shape index (κ3) is 3.32. The Hall–Kier alpha value is -1.24. The predicted octanol–water partition coefficient (Wildman–Crippen LogP) is 3.60. The fourth-order valence-electron chi connectivity index (χ4n) is 0.980. The molecule has 2 rings (SSSR count). The van der Waals surface area contributed by atoms with Crippen molar-refractivity contribution in [3.8, 4) is 0 Å². The number of fused-ring (bicyclic) bond motifs is 1. The molecule has 0 aromatic carbocycles. The summed E-state index contributed by atoms with van der Waals surface area (Å²) in [5.74, 6) is 0.833. The van der Waals surface area contributed by atoms with Gasteiger partial charge in [0, 0.05) is 17.9 Å². The Labute approximate surface area is 80.0 Å². The maximum atomic E-state index is 2.17. The highest BCUT2D eigenvalue weighted by atomic mass is 14.8. The first-order valence-corrected chi connectivity index (χ1v) is 4.72. The average molecular weight is 175 g/mol. The van der Waals surface area contributed by atoms with E-state index in [4.69, 9.17) is 0 Å². The molecule has 0 unspecified atom stereocenters. The molecule has 0 aliphatic carbocycles. The Morgan fingerprint density at radius 1 is 0.923 bits per heavy atom. The second-order valence-corrected chi connectivity index (χ2v) is 3.77. The first-order valence-electron chi connectivity index (χ1n) is 4.72. The Bertz CT molecular complexity index is 314. The molecular weight excluding hydrogens is 158 g/mol. The summed E-state index contributed by atoms with van der Waals surface area (Å²) in [6.45, 7) is 6.50. The van der Waals surface area contributed by atoms with E-state index in [0.717, 1.165) is 5.92 Å². The van der Waals surface area contributed by atoms with Crippen LogP contribution in [0, 0.1) is 5.92 Å². The van der Waals surface area contributed by atoms with Gasteiger partial charge in [-0.1, -0.05) is 26.8 Å². The second-order valence-electron chi connectivity index (χ2n) is 3.77. The van der Waals surface area contributed by atoms with Gasteiger partial charge in [0.15, 0.2) is 0 Å². The zero-order chi connectivity index (χ0) is 9.68. The van der Waals surface area contributed by atoms with E-state index in [-0.39, 0.29) is 0 Å². The molecule has 0 aliphatic rings. The monoisotopic (exact) mass is 175 g/mol. The number of hydrogen-bond acceptors (Lipinski definition) is 0. The van der Waals surface area contributed by atoms with Crippen LogP contribution in [-0.4, -0.2) is 4.40 Å². The average Bonchev–Trinajstić information content (AvgIpc) is 2.49. The summed E-state index contributed by atoms with van der Waals surface area (Å²) in [5, 5.41) is 0. The minimum atomic E-state index is 0.833. The van der Waals surface area contributed by atoms with Crippen LogP contribution >= 0.6 is 0 Å². The standard InChI is InChI=1S/C8H7N.C4H10/c1-2-6-9-7-3-5-8(9)4-1;1-4(2)3/h1-7H;4H,1-3H3. The van der Waals surface area contributed by atoms with Crippen molar-refractivity contribution in [3.05, 3.63) is 42.7 Å². The van der Waals surface area contributed by atoms with Gasteiger partial charge in [0.1, 0.15) is 0 Å². The zero-order valence-electron chi connectivity index (χ0n) is 8.57. The van der Waals surface area contributed by atoms with E-state index >= 15 is 0 Å². The quantitative estimate of drug-likeness (QED) is 0.576. The van der Waals surface area contributed by atoms with Crippen LogP contribution in [0.25, 0.3) is 5.52 Å². The topological polar surface area (TPSA) is 4.41 Å². The molecule has 2 heterocycles. The largest absolute Gasteiger partial charge is 0.324 e. The Balaban J connectivity index is 0.000000184. The van der Waals surface area contributed by atoms with Crippen LogP contribution in [0.3, 0.4) is 0 Å². The molecule has 0 atom stereocenters. The normalized spacial score (nSPS) is 9.85.